The van der Waals surface area contributed by atoms with Crippen LogP contribution in [0.1, 0.15) is 23.6 Å². The Morgan fingerprint density at radius 3 is 2.45 bits per heavy atom. The average Bonchev–Trinajstić information content (AvgIpc) is 2.49. The van der Waals surface area contributed by atoms with Crippen molar-refractivity contribution in [2.75, 3.05) is 25.1 Å². The molecule has 118 valence electrons. The molecule has 0 radical (unpaired) electrons. The number of anilines is 1. The molecule has 3 heteroatoms. The van der Waals surface area contributed by atoms with Gasteiger partial charge in [-0.3, -0.25) is 0 Å². The Labute approximate surface area is 133 Å². The van der Waals surface area contributed by atoms with Gasteiger partial charge in [-0.05, 0) is 61.7 Å². The van der Waals surface area contributed by atoms with Crippen molar-refractivity contribution in [1.29, 1.82) is 0 Å². The van der Waals surface area contributed by atoms with Gasteiger partial charge in [-0.15, -0.1) is 0 Å². The predicted molar refractivity (Wildman–Crippen MR) is 91.7 cm³/mol. The number of benzene rings is 2. The highest BCUT2D eigenvalue weighted by Gasteiger charge is 1.99. The van der Waals surface area contributed by atoms with Crippen molar-refractivity contribution < 1.29 is 9.47 Å². The van der Waals surface area contributed by atoms with Crippen molar-refractivity contribution in [1.82, 2.24) is 0 Å². The maximum Gasteiger partial charge on any atom is 0.119 e. The molecule has 0 heterocycles. The maximum atomic E-state index is 5.69. The molecule has 0 fully saturated rings. The normalized spacial score (nSPS) is 10.5. The van der Waals surface area contributed by atoms with E-state index in [4.69, 9.17) is 9.47 Å². The van der Waals surface area contributed by atoms with Crippen LogP contribution in [0.4, 0.5) is 5.69 Å². The Kier molecular flexibility index (Phi) is 6.28. The first kappa shape index (κ1) is 16.4. The zero-order chi connectivity index (χ0) is 15.8. The first-order valence-corrected chi connectivity index (χ1v) is 7.79. The minimum Gasteiger partial charge on any atom is -0.491 e. The first-order chi connectivity index (χ1) is 10.7. The average molecular weight is 299 g/mol. The molecule has 3 nitrogen and oxygen atoms in total. The smallest absolute Gasteiger partial charge is 0.119 e. The van der Waals surface area contributed by atoms with Crippen LogP contribution in [-0.4, -0.2) is 19.8 Å². The molecule has 0 atom stereocenters. The van der Waals surface area contributed by atoms with Crippen LogP contribution in [0.5, 0.6) is 5.75 Å². The minimum atomic E-state index is 0.585. The van der Waals surface area contributed by atoms with Gasteiger partial charge >= 0.3 is 0 Å². The van der Waals surface area contributed by atoms with E-state index in [2.05, 4.69) is 49.5 Å². The lowest BCUT2D eigenvalue weighted by Gasteiger charge is -2.11. The molecular formula is C19H25NO2. The molecule has 0 saturated heterocycles. The third-order valence-electron chi connectivity index (χ3n) is 3.32. The van der Waals surface area contributed by atoms with E-state index in [1.165, 1.54) is 16.7 Å². The third kappa shape index (κ3) is 5.41. The predicted octanol–water partition coefficient (Wildman–Crippen LogP) is 4.33. The summed E-state index contributed by atoms with van der Waals surface area (Å²) in [4.78, 5) is 0. The molecule has 0 unspecified atom stereocenters. The second-order valence-corrected chi connectivity index (χ2v) is 5.42. The monoisotopic (exact) mass is 299 g/mol. The molecule has 1 N–H and O–H groups in total. The fraction of sp³-hybridized carbons (Fsp3) is 0.368. The quantitative estimate of drug-likeness (QED) is 0.736. The second-order valence-electron chi connectivity index (χ2n) is 5.42. The number of hydrogen-bond donors (Lipinski definition) is 1. The van der Waals surface area contributed by atoms with Gasteiger partial charge in [0.15, 0.2) is 0 Å². The number of ether oxygens (including phenoxy) is 2. The molecule has 0 saturated carbocycles. The summed E-state index contributed by atoms with van der Waals surface area (Å²) in [5.41, 5.74) is 4.90. The third-order valence-corrected chi connectivity index (χ3v) is 3.32. The van der Waals surface area contributed by atoms with Crippen LogP contribution in [0.2, 0.25) is 0 Å². The largest absolute Gasteiger partial charge is 0.491 e. The Bertz CT molecular complexity index is 575. The lowest BCUT2D eigenvalue weighted by molar-refractivity contribution is 0.110. The number of nitrogens with one attached hydrogen (secondary N) is 1. The van der Waals surface area contributed by atoms with Gasteiger partial charge in [0.1, 0.15) is 12.4 Å². The second kappa shape index (κ2) is 8.44. The van der Waals surface area contributed by atoms with E-state index in [0.29, 0.717) is 13.2 Å². The summed E-state index contributed by atoms with van der Waals surface area (Å²) < 4.78 is 11.0. The summed E-state index contributed by atoms with van der Waals surface area (Å²) in [6.45, 7) is 8.94. The van der Waals surface area contributed by atoms with Crippen molar-refractivity contribution >= 4 is 5.69 Å². The summed E-state index contributed by atoms with van der Waals surface area (Å²) in [6.07, 6.45) is 0. The highest BCUT2D eigenvalue weighted by Crippen LogP contribution is 2.17. The van der Waals surface area contributed by atoms with E-state index in [0.717, 1.165) is 24.6 Å². The molecule has 0 amide bonds. The van der Waals surface area contributed by atoms with Gasteiger partial charge < -0.3 is 14.8 Å². The molecule has 0 aliphatic rings. The standard InChI is InChI=1S/C19H25NO2/c1-4-21-8-9-22-19-7-5-6-17(13-19)14-20-18-11-15(2)10-16(3)12-18/h5-7,10-13,20H,4,8-9,14H2,1-3H3. The Hall–Kier alpha value is -2.00. The SMILES string of the molecule is CCOCCOc1cccc(CNc2cc(C)cc(C)c2)c1. The van der Waals surface area contributed by atoms with Gasteiger partial charge in [-0.1, -0.05) is 18.2 Å². The molecule has 0 spiro atoms. The van der Waals surface area contributed by atoms with Crippen LogP contribution >= 0.6 is 0 Å². The molecule has 2 aromatic rings. The summed E-state index contributed by atoms with van der Waals surface area (Å²) >= 11 is 0. The van der Waals surface area contributed by atoms with E-state index in [9.17, 15) is 0 Å². The van der Waals surface area contributed by atoms with Crippen LogP contribution in [-0.2, 0) is 11.3 Å². The van der Waals surface area contributed by atoms with Crippen molar-refractivity contribution in [3.63, 3.8) is 0 Å². The van der Waals surface area contributed by atoms with Crippen LogP contribution < -0.4 is 10.1 Å². The van der Waals surface area contributed by atoms with Crippen LogP contribution in [0.15, 0.2) is 42.5 Å². The summed E-state index contributed by atoms with van der Waals surface area (Å²) in [5.74, 6) is 0.888. The molecule has 0 bridgehead atoms. The van der Waals surface area contributed by atoms with E-state index < -0.39 is 0 Å². The van der Waals surface area contributed by atoms with E-state index in [1.54, 1.807) is 0 Å². The maximum absolute atomic E-state index is 5.69. The van der Waals surface area contributed by atoms with Crippen LogP contribution in [0.3, 0.4) is 0 Å². The zero-order valence-electron chi connectivity index (χ0n) is 13.7. The molecule has 0 aliphatic carbocycles. The number of aryl methyl sites for hydroxylation is 2. The van der Waals surface area contributed by atoms with Crippen molar-refractivity contribution in [3.8, 4) is 5.75 Å². The summed E-state index contributed by atoms with van der Waals surface area (Å²) in [5, 5.41) is 3.47. The topological polar surface area (TPSA) is 30.5 Å². The highest BCUT2D eigenvalue weighted by atomic mass is 16.5. The fourth-order valence-electron chi connectivity index (χ4n) is 2.39. The minimum absolute atomic E-state index is 0.585. The fourth-order valence-corrected chi connectivity index (χ4v) is 2.39. The van der Waals surface area contributed by atoms with E-state index in [1.807, 2.05) is 19.1 Å². The molecule has 0 aromatic heterocycles. The molecule has 2 rings (SSSR count). The molecule has 2 aromatic carbocycles. The lowest BCUT2D eigenvalue weighted by atomic mass is 10.1. The van der Waals surface area contributed by atoms with Crippen molar-refractivity contribution in [3.05, 3.63) is 59.2 Å². The molecular weight excluding hydrogens is 274 g/mol. The van der Waals surface area contributed by atoms with Gasteiger partial charge in [0.05, 0.1) is 6.61 Å². The number of rotatable bonds is 8. The molecule has 22 heavy (non-hydrogen) atoms. The summed E-state index contributed by atoms with van der Waals surface area (Å²) in [7, 11) is 0. The van der Waals surface area contributed by atoms with Crippen molar-refractivity contribution in [2.24, 2.45) is 0 Å². The highest BCUT2D eigenvalue weighted by molar-refractivity contribution is 5.49. The van der Waals surface area contributed by atoms with E-state index >= 15 is 0 Å². The van der Waals surface area contributed by atoms with Crippen LogP contribution in [0.25, 0.3) is 0 Å². The Morgan fingerprint density at radius 1 is 0.955 bits per heavy atom. The van der Waals surface area contributed by atoms with E-state index in [-0.39, 0.29) is 0 Å². The van der Waals surface area contributed by atoms with Gasteiger partial charge in [0.25, 0.3) is 0 Å². The first-order valence-electron chi connectivity index (χ1n) is 7.79. The van der Waals surface area contributed by atoms with Crippen molar-refractivity contribution in [2.45, 2.75) is 27.3 Å². The van der Waals surface area contributed by atoms with Gasteiger partial charge in [0, 0.05) is 18.8 Å². The zero-order valence-corrected chi connectivity index (χ0v) is 13.7. The Morgan fingerprint density at radius 2 is 1.73 bits per heavy atom. The lowest BCUT2D eigenvalue weighted by Crippen LogP contribution is -2.06. The summed E-state index contributed by atoms with van der Waals surface area (Å²) in [6, 6.07) is 14.7. The van der Waals surface area contributed by atoms with Gasteiger partial charge in [-0.2, -0.15) is 0 Å². The van der Waals surface area contributed by atoms with Crippen LogP contribution in [0, 0.1) is 13.8 Å². The molecule has 0 aliphatic heterocycles. The van der Waals surface area contributed by atoms with Gasteiger partial charge in [0.2, 0.25) is 0 Å². The Balaban J connectivity index is 1.89. The number of hydrogen-bond acceptors (Lipinski definition) is 3. The van der Waals surface area contributed by atoms with Gasteiger partial charge in [-0.25, -0.2) is 0 Å².